The zero-order chi connectivity index (χ0) is 8.23. The first-order valence-corrected chi connectivity index (χ1v) is 3.77. The third-order valence-electron chi connectivity index (χ3n) is 1.68. The topological polar surface area (TPSA) is 25.8 Å². The molecule has 56 valence electrons. The Morgan fingerprint density at radius 2 is 1.83 bits per heavy atom. The van der Waals surface area contributed by atoms with Gasteiger partial charge in [0.1, 0.15) is 0 Å². The summed E-state index contributed by atoms with van der Waals surface area (Å²) in [5, 5.41) is 0. The zero-order valence-corrected chi connectivity index (χ0v) is 6.51. The van der Waals surface area contributed by atoms with Gasteiger partial charge in [0.15, 0.2) is 0 Å². The molecule has 12 heavy (non-hydrogen) atoms. The van der Waals surface area contributed by atoms with E-state index in [1.54, 1.807) is 18.6 Å². The van der Waals surface area contributed by atoms with Crippen LogP contribution in [0.5, 0.6) is 0 Å². The second-order valence-electron chi connectivity index (χ2n) is 2.48. The molecule has 0 aliphatic heterocycles. The van der Waals surface area contributed by atoms with Gasteiger partial charge in [-0.2, -0.15) is 0 Å². The molecule has 0 aliphatic carbocycles. The first kappa shape index (κ1) is 7.16. The van der Waals surface area contributed by atoms with Crippen molar-refractivity contribution in [3.05, 3.63) is 42.9 Å². The van der Waals surface area contributed by atoms with Gasteiger partial charge in [0.05, 0.1) is 0 Å². The molecular formula is C9H7BN2. The Kier molecular flexibility index (Phi) is 1.95. The number of pyridine rings is 1. The minimum absolute atomic E-state index is 1.12. The number of hydrogen-bond acceptors (Lipinski definition) is 2. The first-order chi connectivity index (χ1) is 5.97. The molecule has 0 spiro atoms. The van der Waals surface area contributed by atoms with Gasteiger partial charge in [-0.05, 0) is 0 Å². The summed E-state index contributed by atoms with van der Waals surface area (Å²) in [4.78, 5) is 7.99. The van der Waals surface area contributed by atoms with Crippen LogP contribution in [0.15, 0.2) is 42.9 Å². The van der Waals surface area contributed by atoms with Crippen LogP contribution in [0.1, 0.15) is 0 Å². The fourth-order valence-corrected chi connectivity index (χ4v) is 1.08. The van der Waals surface area contributed by atoms with Gasteiger partial charge < -0.3 is 0 Å². The van der Waals surface area contributed by atoms with Crippen molar-refractivity contribution < 1.29 is 0 Å². The second kappa shape index (κ2) is 3.26. The summed E-state index contributed by atoms with van der Waals surface area (Å²) in [5.41, 5.74) is 2.28. The molecule has 2 nitrogen and oxygen atoms in total. The van der Waals surface area contributed by atoms with E-state index < -0.39 is 0 Å². The Morgan fingerprint density at radius 1 is 1.00 bits per heavy atom. The zero-order valence-electron chi connectivity index (χ0n) is 6.51. The van der Waals surface area contributed by atoms with E-state index in [0.717, 1.165) is 11.0 Å². The summed E-state index contributed by atoms with van der Waals surface area (Å²) in [6.45, 7) is 2.03. The van der Waals surface area contributed by atoms with E-state index in [1.165, 1.54) is 0 Å². The molecule has 0 bridgehead atoms. The third kappa shape index (κ3) is 1.40. The molecule has 2 aromatic heterocycles. The van der Waals surface area contributed by atoms with Gasteiger partial charge in [-0.1, -0.05) is 0 Å². The Bertz CT molecular complexity index is 310. The standard InChI is InChI=1S/C9H7BN2/c1-4-11-5-2-8(1)9-7-12-6-3-10-9/h1-7H. The van der Waals surface area contributed by atoms with E-state index in [4.69, 9.17) is 0 Å². The molecule has 0 saturated heterocycles. The van der Waals surface area contributed by atoms with Crippen LogP contribution in [0.2, 0.25) is 0 Å². The fourth-order valence-electron chi connectivity index (χ4n) is 1.08. The van der Waals surface area contributed by atoms with E-state index >= 15 is 0 Å². The van der Waals surface area contributed by atoms with Crippen LogP contribution < -0.4 is 0 Å². The van der Waals surface area contributed by atoms with Gasteiger partial charge in [0.2, 0.25) is 0 Å². The van der Waals surface area contributed by atoms with Gasteiger partial charge in [-0.25, -0.2) is 0 Å². The first-order valence-electron chi connectivity index (χ1n) is 3.77. The molecule has 2 aromatic rings. The molecule has 0 atom stereocenters. The van der Waals surface area contributed by atoms with Crippen molar-refractivity contribution in [2.45, 2.75) is 0 Å². The molecule has 0 amide bonds. The van der Waals surface area contributed by atoms with Crippen molar-refractivity contribution in [3.63, 3.8) is 0 Å². The van der Waals surface area contributed by atoms with E-state index in [0.29, 0.717) is 0 Å². The van der Waals surface area contributed by atoms with Crippen LogP contribution in [0, 0.1) is 0 Å². The molecule has 0 fully saturated rings. The van der Waals surface area contributed by atoms with E-state index in [1.807, 2.05) is 31.2 Å². The molecule has 0 aliphatic rings. The number of rotatable bonds is 1. The van der Waals surface area contributed by atoms with Crippen molar-refractivity contribution in [1.29, 1.82) is 0 Å². The van der Waals surface area contributed by atoms with Gasteiger partial charge in [0.25, 0.3) is 0 Å². The summed E-state index contributed by atoms with van der Waals surface area (Å²) < 4.78 is 0. The van der Waals surface area contributed by atoms with Crippen LogP contribution in [-0.2, 0) is 0 Å². The van der Waals surface area contributed by atoms with Crippen LogP contribution in [0.3, 0.4) is 0 Å². The van der Waals surface area contributed by atoms with Gasteiger partial charge in [-0.15, -0.1) is 0 Å². The molecular weight excluding hydrogens is 147 g/mol. The molecule has 2 rings (SSSR count). The molecule has 0 unspecified atom stereocenters. The normalized spacial score (nSPS) is 9.33. The third-order valence-corrected chi connectivity index (χ3v) is 1.68. The quantitative estimate of drug-likeness (QED) is 0.621. The Hall–Kier alpha value is -1.51. The number of aromatic nitrogens is 2. The summed E-state index contributed by atoms with van der Waals surface area (Å²) >= 11 is 0. The molecule has 0 saturated carbocycles. The summed E-state index contributed by atoms with van der Waals surface area (Å²) in [5.74, 6) is 1.93. The number of hydrogen-bond donors (Lipinski definition) is 0. The SMILES string of the molecule is b1ccncc1-c1ccncc1. The molecule has 2 heterocycles. The van der Waals surface area contributed by atoms with Gasteiger partial charge in [-0.3, -0.25) is 0 Å². The van der Waals surface area contributed by atoms with Crippen LogP contribution in [0.4, 0.5) is 0 Å². The van der Waals surface area contributed by atoms with Crippen molar-refractivity contribution in [1.82, 2.24) is 9.97 Å². The molecule has 0 radical (unpaired) electrons. The minimum atomic E-state index is 1.12. The van der Waals surface area contributed by atoms with Gasteiger partial charge in [0, 0.05) is 0 Å². The van der Waals surface area contributed by atoms with Crippen LogP contribution in [0.25, 0.3) is 11.0 Å². The van der Waals surface area contributed by atoms with E-state index in [-0.39, 0.29) is 0 Å². The maximum absolute atomic E-state index is 4.04. The predicted octanol–water partition coefficient (Wildman–Crippen LogP) is 1.48. The molecule has 0 aromatic carbocycles. The van der Waals surface area contributed by atoms with Crippen molar-refractivity contribution >= 4 is 6.91 Å². The van der Waals surface area contributed by atoms with Crippen molar-refractivity contribution in [2.75, 3.05) is 0 Å². The molecule has 3 heteroatoms. The fraction of sp³-hybridized carbons (Fsp3) is 0. The van der Waals surface area contributed by atoms with Crippen molar-refractivity contribution in [2.24, 2.45) is 0 Å². The maximum atomic E-state index is 4.04. The number of nitrogens with zero attached hydrogens (tertiary/aromatic N) is 2. The summed E-state index contributed by atoms with van der Waals surface area (Å²) in [6, 6.07) is 3.94. The monoisotopic (exact) mass is 154 g/mol. The van der Waals surface area contributed by atoms with Crippen LogP contribution in [-0.4, -0.2) is 16.9 Å². The summed E-state index contributed by atoms with van der Waals surface area (Å²) in [6.07, 6.45) is 7.17. The second-order valence-corrected chi connectivity index (χ2v) is 2.48. The Balaban J connectivity index is 2.46. The summed E-state index contributed by atoms with van der Waals surface area (Å²) in [7, 11) is 0. The molecule has 0 N–H and O–H groups in total. The van der Waals surface area contributed by atoms with E-state index in [2.05, 4.69) is 9.97 Å². The predicted molar refractivity (Wildman–Crippen MR) is 48.8 cm³/mol. The van der Waals surface area contributed by atoms with E-state index in [9.17, 15) is 0 Å². The van der Waals surface area contributed by atoms with Gasteiger partial charge >= 0.3 is 70.8 Å². The average Bonchev–Trinajstić information content (AvgIpc) is 2.21. The average molecular weight is 154 g/mol. The Labute approximate surface area is 71.5 Å². The Morgan fingerprint density at radius 3 is 2.50 bits per heavy atom. The van der Waals surface area contributed by atoms with Crippen molar-refractivity contribution in [3.8, 4) is 11.0 Å². The van der Waals surface area contributed by atoms with Crippen LogP contribution >= 0.6 is 0 Å².